The Balaban J connectivity index is 1.88. The molecule has 0 unspecified atom stereocenters. The van der Waals surface area contributed by atoms with Gasteiger partial charge in [-0.1, -0.05) is 46.6 Å². The number of nitrogens with two attached hydrogens (primary N) is 1. The molecule has 1 amide bonds. The Hall–Kier alpha value is -2.31. The first-order valence-electron chi connectivity index (χ1n) is 6.89. The average molecular weight is 370 g/mol. The van der Waals surface area contributed by atoms with Crippen LogP contribution >= 0.6 is 23.2 Å². The van der Waals surface area contributed by atoms with Crippen molar-refractivity contribution in [2.75, 3.05) is 5.32 Å². The van der Waals surface area contributed by atoms with Crippen LogP contribution in [-0.4, -0.2) is 11.7 Å². The van der Waals surface area contributed by atoms with Crippen LogP contribution in [0.3, 0.4) is 0 Å². The second-order valence-corrected chi connectivity index (χ2v) is 5.58. The number of amidine groups is 1. The van der Waals surface area contributed by atoms with Gasteiger partial charge >= 0.3 is 0 Å². The van der Waals surface area contributed by atoms with Crippen molar-refractivity contribution in [1.82, 2.24) is 0 Å². The molecule has 0 heterocycles. The maximum Gasteiger partial charge on any atom is 0.232 e. The number of para-hydroxylation sites is 1. The van der Waals surface area contributed by atoms with Gasteiger partial charge in [0.05, 0.1) is 22.2 Å². The highest BCUT2D eigenvalue weighted by Crippen LogP contribution is 2.21. The maximum absolute atomic E-state index is 13.5. The van der Waals surface area contributed by atoms with Crippen molar-refractivity contribution < 1.29 is 14.0 Å². The fourth-order valence-electron chi connectivity index (χ4n) is 1.80. The Bertz CT molecular complexity index is 748. The number of carbonyl (C=O) groups excluding carboxylic acids is 1. The second-order valence-electron chi connectivity index (χ2n) is 4.76. The lowest BCUT2D eigenvalue weighted by atomic mass is 10.2. The first-order valence-corrected chi connectivity index (χ1v) is 7.64. The largest absolute Gasteiger partial charge is 0.389 e. The van der Waals surface area contributed by atoms with E-state index in [-0.39, 0.29) is 29.4 Å². The fourth-order valence-corrected chi connectivity index (χ4v) is 2.20. The quantitative estimate of drug-likeness (QED) is 0.459. The van der Waals surface area contributed by atoms with Crippen LogP contribution in [0.2, 0.25) is 10.0 Å². The second kappa shape index (κ2) is 8.52. The molecule has 0 fully saturated rings. The maximum atomic E-state index is 13.5. The zero-order valence-corrected chi connectivity index (χ0v) is 13.9. The lowest BCUT2D eigenvalue weighted by Crippen LogP contribution is -2.22. The van der Waals surface area contributed by atoms with Gasteiger partial charge in [-0.3, -0.25) is 4.79 Å². The Morgan fingerprint density at radius 1 is 1.17 bits per heavy atom. The molecule has 0 aliphatic carbocycles. The molecule has 0 bridgehead atoms. The van der Waals surface area contributed by atoms with E-state index < -0.39 is 11.7 Å². The third-order valence-corrected chi connectivity index (χ3v) is 3.63. The monoisotopic (exact) mass is 369 g/mol. The van der Waals surface area contributed by atoms with Crippen molar-refractivity contribution in [3.63, 3.8) is 0 Å². The van der Waals surface area contributed by atoms with Gasteiger partial charge in [-0.15, -0.1) is 0 Å². The highest BCUT2D eigenvalue weighted by atomic mass is 35.5. The number of oxime groups is 1. The van der Waals surface area contributed by atoms with Crippen molar-refractivity contribution >= 4 is 40.6 Å². The summed E-state index contributed by atoms with van der Waals surface area (Å²) in [6, 6.07) is 11.1. The summed E-state index contributed by atoms with van der Waals surface area (Å²) in [6.07, 6.45) is -0.198. The smallest absolute Gasteiger partial charge is 0.232 e. The summed E-state index contributed by atoms with van der Waals surface area (Å²) < 4.78 is 13.5. The van der Waals surface area contributed by atoms with Crippen molar-refractivity contribution in [3.8, 4) is 0 Å². The van der Waals surface area contributed by atoms with E-state index in [9.17, 15) is 9.18 Å². The molecule has 0 aliphatic rings. The van der Waals surface area contributed by atoms with Crippen LogP contribution in [0.1, 0.15) is 12.0 Å². The number of anilines is 1. The molecule has 0 saturated carbocycles. The predicted molar refractivity (Wildman–Crippen MR) is 92.5 cm³/mol. The molecule has 0 spiro atoms. The van der Waals surface area contributed by atoms with E-state index in [2.05, 4.69) is 10.5 Å². The topological polar surface area (TPSA) is 76.7 Å². The van der Waals surface area contributed by atoms with Gasteiger partial charge in [0.25, 0.3) is 0 Å². The first kappa shape index (κ1) is 18.0. The molecular formula is C16H14Cl2FN3O2. The first-order chi connectivity index (χ1) is 11.5. The molecule has 0 aromatic heterocycles. The van der Waals surface area contributed by atoms with E-state index in [1.54, 1.807) is 24.3 Å². The molecule has 24 heavy (non-hydrogen) atoms. The molecule has 3 N–H and O–H groups in total. The molecule has 0 saturated heterocycles. The summed E-state index contributed by atoms with van der Waals surface area (Å²) in [5.74, 6) is -0.975. The number of amides is 1. The highest BCUT2D eigenvalue weighted by Gasteiger charge is 2.09. The van der Waals surface area contributed by atoms with Crippen molar-refractivity contribution in [1.29, 1.82) is 0 Å². The molecule has 2 aromatic carbocycles. The summed E-state index contributed by atoms with van der Waals surface area (Å²) in [5.41, 5.74) is 6.24. The van der Waals surface area contributed by atoms with Gasteiger partial charge in [0, 0.05) is 5.56 Å². The van der Waals surface area contributed by atoms with E-state index in [4.69, 9.17) is 33.8 Å². The van der Waals surface area contributed by atoms with Crippen LogP contribution < -0.4 is 11.1 Å². The van der Waals surface area contributed by atoms with Gasteiger partial charge in [0.1, 0.15) is 18.3 Å². The Morgan fingerprint density at radius 2 is 1.88 bits per heavy atom. The molecule has 2 rings (SSSR count). The van der Waals surface area contributed by atoms with Crippen molar-refractivity contribution in [2.24, 2.45) is 10.9 Å². The van der Waals surface area contributed by atoms with E-state index in [0.717, 1.165) is 0 Å². The van der Waals surface area contributed by atoms with E-state index in [1.807, 2.05) is 0 Å². The lowest BCUT2D eigenvalue weighted by molar-refractivity contribution is -0.115. The SMILES string of the molecule is NC(CC(=O)Nc1ccccc1Cl)=NOCc1c(F)cccc1Cl. The van der Waals surface area contributed by atoms with Crippen LogP contribution in [0.5, 0.6) is 0 Å². The van der Waals surface area contributed by atoms with Crippen LogP contribution in [0, 0.1) is 5.82 Å². The summed E-state index contributed by atoms with van der Waals surface area (Å²) in [7, 11) is 0. The molecular weight excluding hydrogens is 356 g/mol. The van der Waals surface area contributed by atoms with Crippen LogP contribution in [-0.2, 0) is 16.2 Å². The van der Waals surface area contributed by atoms with Gasteiger partial charge in [0.2, 0.25) is 5.91 Å². The van der Waals surface area contributed by atoms with Crippen LogP contribution in [0.4, 0.5) is 10.1 Å². The summed E-state index contributed by atoms with van der Waals surface area (Å²) >= 11 is 11.8. The summed E-state index contributed by atoms with van der Waals surface area (Å²) in [5, 5.41) is 6.81. The van der Waals surface area contributed by atoms with Gasteiger partial charge < -0.3 is 15.9 Å². The number of rotatable bonds is 6. The Morgan fingerprint density at radius 3 is 2.58 bits per heavy atom. The van der Waals surface area contributed by atoms with Gasteiger partial charge in [-0.05, 0) is 24.3 Å². The molecule has 2 aromatic rings. The minimum atomic E-state index is -0.507. The molecule has 0 atom stereocenters. The normalized spacial score (nSPS) is 11.2. The number of hydrogen-bond acceptors (Lipinski definition) is 3. The number of benzene rings is 2. The van der Waals surface area contributed by atoms with Crippen molar-refractivity contribution in [2.45, 2.75) is 13.0 Å². The van der Waals surface area contributed by atoms with Crippen LogP contribution in [0.15, 0.2) is 47.6 Å². The summed E-state index contributed by atoms with van der Waals surface area (Å²) in [6.45, 7) is -0.196. The predicted octanol–water partition coefficient (Wildman–Crippen LogP) is 3.95. The van der Waals surface area contributed by atoms with E-state index in [0.29, 0.717) is 10.7 Å². The number of nitrogens with zero attached hydrogens (tertiary/aromatic N) is 1. The number of hydrogen-bond donors (Lipinski definition) is 2. The number of carbonyl (C=O) groups is 1. The lowest BCUT2D eigenvalue weighted by Gasteiger charge is -2.07. The number of nitrogens with one attached hydrogen (secondary N) is 1. The Labute approximate surface area is 148 Å². The molecule has 5 nitrogen and oxygen atoms in total. The minimum Gasteiger partial charge on any atom is -0.389 e. The molecule has 0 radical (unpaired) electrons. The van der Waals surface area contributed by atoms with E-state index >= 15 is 0 Å². The van der Waals surface area contributed by atoms with E-state index in [1.165, 1.54) is 18.2 Å². The van der Waals surface area contributed by atoms with Crippen molar-refractivity contribution in [3.05, 3.63) is 63.9 Å². The minimum absolute atomic E-state index is 0.0629. The van der Waals surface area contributed by atoms with Crippen LogP contribution in [0.25, 0.3) is 0 Å². The molecule has 8 heteroatoms. The molecule has 126 valence electrons. The average Bonchev–Trinajstić information content (AvgIpc) is 2.52. The summed E-state index contributed by atoms with van der Waals surface area (Å²) in [4.78, 5) is 16.8. The zero-order chi connectivity index (χ0) is 17.5. The van der Waals surface area contributed by atoms with Gasteiger partial charge in [0.15, 0.2) is 0 Å². The third-order valence-electron chi connectivity index (χ3n) is 2.94. The zero-order valence-electron chi connectivity index (χ0n) is 12.4. The fraction of sp³-hybridized carbons (Fsp3) is 0.125. The van der Waals surface area contributed by atoms with Gasteiger partial charge in [-0.25, -0.2) is 4.39 Å². The standard InChI is InChI=1S/C16H14Cl2FN3O2/c17-11-5-3-6-13(19)10(11)9-24-22-15(20)8-16(23)21-14-7-2-1-4-12(14)18/h1-7H,8-9H2,(H2,20,22)(H,21,23). The highest BCUT2D eigenvalue weighted by molar-refractivity contribution is 6.33. The molecule has 0 aliphatic heterocycles. The third kappa shape index (κ3) is 5.11. The number of halogens is 3. The van der Waals surface area contributed by atoms with Gasteiger partial charge in [-0.2, -0.15) is 0 Å². The Kier molecular flexibility index (Phi) is 6.40.